The highest BCUT2D eigenvalue weighted by molar-refractivity contribution is 5.94. The number of amides is 1. The minimum atomic E-state index is -0.339. The van der Waals surface area contributed by atoms with E-state index in [0.717, 1.165) is 16.9 Å². The lowest BCUT2D eigenvalue weighted by Crippen LogP contribution is -2.32. The number of methoxy groups -OCH3 is 1. The summed E-state index contributed by atoms with van der Waals surface area (Å²) in [5.74, 6) is 0.335. The number of carbonyl (C=O) groups is 2. The summed E-state index contributed by atoms with van der Waals surface area (Å²) in [4.78, 5) is 26.3. The molecule has 0 heterocycles. The first-order chi connectivity index (χ1) is 14.7. The molecular formula is C25H25NO4. The first-order valence-electron chi connectivity index (χ1n) is 9.82. The van der Waals surface area contributed by atoms with Gasteiger partial charge < -0.3 is 14.4 Å². The van der Waals surface area contributed by atoms with Crippen LogP contribution in [-0.4, -0.2) is 30.4 Å². The van der Waals surface area contributed by atoms with Crippen LogP contribution in [0.15, 0.2) is 84.9 Å². The Morgan fingerprint density at radius 3 is 2.07 bits per heavy atom. The molecule has 3 rings (SSSR count). The van der Waals surface area contributed by atoms with E-state index in [0.29, 0.717) is 25.3 Å². The minimum Gasteiger partial charge on any atom is -0.489 e. The lowest BCUT2D eigenvalue weighted by atomic mass is 10.1. The van der Waals surface area contributed by atoms with Gasteiger partial charge in [-0.25, -0.2) is 0 Å². The number of carbonyl (C=O) groups excluding carboxylic acids is 2. The number of esters is 1. The van der Waals surface area contributed by atoms with Gasteiger partial charge in [-0.2, -0.15) is 0 Å². The van der Waals surface area contributed by atoms with E-state index in [2.05, 4.69) is 0 Å². The van der Waals surface area contributed by atoms with Crippen molar-refractivity contribution in [2.75, 3.05) is 13.7 Å². The first kappa shape index (κ1) is 21.1. The van der Waals surface area contributed by atoms with Crippen molar-refractivity contribution in [2.24, 2.45) is 0 Å². The van der Waals surface area contributed by atoms with Crippen LogP contribution >= 0.6 is 0 Å². The van der Waals surface area contributed by atoms with Crippen LogP contribution in [0.3, 0.4) is 0 Å². The fourth-order valence-corrected chi connectivity index (χ4v) is 2.99. The second-order valence-corrected chi connectivity index (χ2v) is 6.84. The van der Waals surface area contributed by atoms with Gasteiger partial charge in [0, 0.05) is 18.7 Å². The number of nitrogens with zero attached hydrogens (tertiary/aromatic N) is 1. The molecule has 0 radical (unpaired) electrons. The highest BCUT2D eigenvalue weighted by Crippen LogP contribution is 2.15. The van der Waals surface area contributed by atoms with Gasteiger partial charge in [0.05, 0.1) is 13.5 Å². The summed E-state index contributed by atoms with van der Waals surface area (Å²) in [5.41, 5.74) is 2.54. The lowest BCUT2D eigenvalue weighted by Gasteiger charge is -2.22. The molecule has 0 saturated heterocycles. The molecule has 0 N–H and O–H groups in total. The van der Waals surface area contributed by atoms with Gasteiger partial charge in [0.1, 0.15) is 12.4 Å². The predicted octanol–water partition coefficient (Wildman–Crippen LogP) is 4.47. The minimum absolute atomic E-state index is 0.127. The summed E-state index contributed by atoms with van der Waals surface area (Å²) in [5, 5.41) is 0. The molecule has 0 spiro atoms. The van der Waals surface area contributed by atoms with Crippen molar-refractivity contribution in [2.45, 2.75) is 19.6 Å². The summed E-state index contributed by atoms with van der Waals surface area (Å²) < 4.78 is 10.5. The fraction of sp³-hybridized carbons (Fsp3) is 0.200. The SMILES string of the molecule is COC(=O)CCN(Cc1ccccc1)C(=O)c1ccc(COc2ccccc2)cc1. The topological polar surface area (TPSA) is 55.8 Å². The van der Waals surface area contributed by atoms with Crippen LogP contribution < -0.4 is 4.74 Å². The van der Waals surface area contributed by atoms with E-state index in [9.17, 15) is 9.59 Å². The zero-order valence-corrected chi connectivity index (χ0v) is 17.0. The van der Waals surface area contributed by atoms with Gasteiger partial charge in [0.2, 0.25) is 0 Å². The molecule has 1 amide bonds. The Hall–Kier alpha value is -3.60. The quantitative estimate of drug-likeness (QED) is 0.495. The Morgan fingerprint density at radius 2 is 1.43 bits per heavy atom. The van der Waals surface area contributed by atoms with E-state index in [1.165, 1.54) is 7.11 Å². The summed E-state index contributed by atoms with van der Waals surface area (Å²) >= 11 is 0. The normalized spacial score (nSPS) is 10.3. The van der Waals surface area contributed by atoms with Crippen LogP contribution in [0.1, 0.15) is 27.9 Å². The van der Waals surface area contributed by atoms with Crippen molar-refractivity contribution in [3.05, 3.63) is 102 Å². The Labute approximate surface area is 176 Å². The Morgan fingerprint density at radius 1 is 0.800 bits per heavy atom. The summed E-state index contributed by atoms with van der Waals surface area (Å²) in [6, 6.07) is 26.7. The molecule has 5 heteroatoms. The van der Waals surface area contributed by atoms with E-state index in [4.69, 9.17) is 9.47 Å². The molecule has 30 heavy (non-hydrogen) atoms. The zero-order chi connectivity index (χ0) is 21.2. The summed E-state index contributed by atoms with van der Waals surface area (Å²) in [6.45, 7) is 1.14. The average Bonchev–Trinajstić information content (AvgIpc) is 2.81. The molecule has 154 valence electrons. The van der Waals surface area contributed by atoms with Crippen molar-refractivity contribution >= 4 is 11.9 Å². The smallest absolute Gasteiger partial charge is 0.307 e. The van der Waals surface area contributed by atoms with E-state index in [1.807, 2.05) is 72.8 Å². The van der Waals surface area contributed by atoms with Crippen LogP contribution in [0.5, 0.6) is 5.75 Å². The molecule has 0 bridgehead atoms. The third-order valence-electron chi connectivity index (χ3n) is 4.67. The maximum Gasteiger partial charge on any atom is 0.307 e. The van der Waals surface area contributed by atoms with E-state index < -0.39 is 0 Å². The third-order valence-corrected chi connectivity index (χ3v) is 4.67. The molecular weight excluding hydrogens is 378 g/mol. The van der Waals surface area contributed by atoms with Crippen LogP contribution in [-0.2, 0) is 22.7 Å². The first-order valence-corrected chi connectivity index (χ1v) is 9.82. The largest absolute Gasteiger partial charge is 0.489 e. The van der Waals surface area contributed by atoms with Gasteiger partial charge in [-0.1, -0.05) is 60.7 Å². The van der Waals surface area contributed by atoms with Gasteiger partial charge in [-0.15, -0.1) is 0 Å². The lowest BCUT2D eigenvalue weighted by molar-refractivity contribution is -0.140. The molecule has 3 aromatic carbocycles. The number of para-hydroxylation sites is 1. The second-order valence-electron chi connectivity index (χ2n) is 6.84. The molecule has 5 nitrogen and oxygen atoms in total. The standard InChI is InChI=1S/C25H25NO4/c1-29-24(27)16-17-26(18-20-8-4-2-5-9-20)25(28)22-14-12-21(13-15-22)19-30-23-10-6-3-7-11-23/h2-15H,16-19H2,1H3. The molecule has 3 aromatic rings. The zero-order valence-electron chi connectivity index (χ0n) is 17.0. The number of hydrogen-bond donors (Lipinski definition) is 0. The Kier molecular flexibility index (Phi) is 7.61. The molecule has 0 aliphatic carbocycles. The van der Waals surface area contributed by atoms with Crippen LogP contribution in [0.25, 0.3) is 0 Å². The maximum atomic E-state index is 13.1. The summed E-state index contributed by atoms with van der Waals surface area (Å²) in [6.07, 6.45) is 0.151. The molecule has 0 atom stereocenters. The summed E-state index contributed by atoms with van der Waals surface area (Å²) in [7, 11) is 1.35. The van der Waals surface area contributed by atoms with Crippen molar-refractivity contribution in [3.63, 3.8) is 0 Å². The van der Waals surface area contributed by atoms with Gasteiger partial charge in [-0.3, -0.25) is 9.59 Å². The van der Waals surface area contributed by atoms with Crippen LogP contribution in [0, 0.1) is 0 Å². The van der Waals surface area contributed by atoms with Crippen molar-refractivity contribution in [1.29, 1.82) is 0 Å². The van der Waals surface area contributed by atoms with Gasteiger partial charge >= 0.3 is 5.97 Å². The van der Waals surface area contributed by atoms with Crippen molar-refractivity contribution in [3.8, 4) is 5.75 Å². The predicted molar refractivity (Wildman–Crippen MR) is 115 cm³/mol. The van der Waals surface area contributed by atoms with Crippen molar-refractivity contribution < 1.29 is 19.1 Å². The van der Waals surface area contributed by atoms with Crippen LogP contribution in [0.4, 0.5) is 0 Å². The monoisotopic (exact) mass is 403 g/mol. The fourth-order valence-electron chi connectivity index (χ4n) is 2.99. The molecule has 0 aliphatic heterocycles. The highest BCUT2D eigenvalue weighted by atomic mass is 16.5. The maximum absolute atomic E-state index is 13.1. The van der Waals surface area contributed by atoms with Gasteiger partial charge in [0.25, 0.3) is 5.91 Å². The van der Waals surface area contributed by atoms with Crippen LogP contribution in [0.2, 0.25) is 0 Å². The molecule has 0 aliphatic rings. The second kappa shape index (κ2) is 10.8. The van der Waals surface area contributed by atoms with E-state index in [-0.39, 0.29) is 18.3 Å². The molecule has 0 fully saturated rings. The van der Waals surface area contributed by atoms with E-state index in [1.54, 1.807) is 17.0 Å². The van der Waals surface area contributed by atoms with E-state index >= 15 is 0 Å². The highest BCUT2D eigenvalue weighted by Gasteiger charge is 2.17. The van der Waals surface area contributed by atoms with Gasteiger partial charge in [0.15, 0.2) is 0 Å². The number of ether oxygens (including phenoxy) is 2. The molecule has 0 unspecified atom stereocenters. The Bertz CT molecular complexity index is 940. The number of rotatable bonds is 9. The Balaban J connectivity index is 1.67. The number of hydrogen-bond acceptors (Lipinski definition) is 4. The van der Waals surface area contributed by atoms with Gasteiger partial charge in [-0.05, 0) is 35.4 Å². The molecule has 0 saturated carbocycles. The van der Waals surface area contributed by atoms with Crippen molar-refractivity contribution in [1.82, 2.24) is 4.90 Å². The average molecular weight is 403 g/mol. The third kappa shape index (κ3) is 6.21. The molecule has 0 aromatic heterocycles. The number of benzene rings is 3.